The summed E-state index contributed by atoms with van der Waals surface area (Å²) in [5.74, 6) is 0. The SMILES string of the molecule is CCc1c(CCCC#N)c(=NC(=O)O)sn1C(C)(C)C. The fourth-order valence-corrected chi connectivity index (χ4v) is 3.36. The van der Waals surface area contributed by atoms with Gasteiger partial charge in [0, 0.05) is 23.2 Å². The Morgan fingerprint density at radius 3 is 2.60 bits per heavy atom. The zero-order valence-electron chi connectivity index (χ0n) is 12.4. The lowest BCUT2D eigenvalue weighted by atomic mass is 10.0. The standard InChI is InChI=1S/C14H21N3O2S/c1-5-11-10(8-6-7-9-15)12(16-13(18)19)20-17(11)14(2,3)4/h5-8H2,1-4H3,(H,18,19). The molecule has 6 heteroatoms. The Morgan fingerprint density at radius 2 is 2.15 bits per heavy atom. The van der Waals surface area contributed by atoms with Crippen LogP contribution in [0.2, 0.25) is 0 Å². The minimum absolute atomic E-state index is 0.105. The zero-order chi connectivity index (χ0) is 15.3. The molecule has 1 aromatic rings. The first-order valence-corrected chi connectivity index (χ1v) is 7.47. The molecule has 0 spiro atoms. The second-order valence-electron chi connectivity index (χ2n) is 5.55. The normalized spacial score (nSPS) is 12.4. The molecule has 0 unspecified atom stereocenters. The highest BCUT2D eigenvalue weighted by Gasteiger charge is 2.21. The Hall–Kier alpha value is -1.61. The van der Waals surface area contributed by atoms with Crippen LogP contribution in [0.15, 0.2) is 4.99 Å². The summed E-state index contributed by atoms with van der Waals surface area (Å²) >= 11 is 1.39. The van der Waals surface area contributed by atoms with Gasteiger partial charge < -0.3 is 5.11 Å². The van der Waals surface area contributed by atoms with Gasteiger partial charge in [-0.15, -0.1) is 0 Å². The quantitative estimate of drug-likeness (QED) is 0.866. The van der Waals surface area contributed by atoms with Crippen LogP contribution in [-0.2, 0) is 18.4 Å². The van der Waals surface area contributed by atoms with Gasteiger partial charge in [-0.25, -0.2) is 4.79 Å². The lowest BCUT2D eigenvalue weighted by Crippen LogP contribution is -2.21. The smallest absolute Gasteiger partial charge is 0.432 e. The molecule has 1 heterocycles. The van der Waals surface area contributed by atoms with E-state index in [-0.39, 0.29) is 5.54 Å². The second-order valence-corrected chi connectivity index (χ2v) is 6.48. The van der Waals surface area contributed by atoms with Gasteiger partial charge in [-0.3, -0.25) is 3.96 Å². The van der Waals surface area contributed by atoms with Gasteiger partial charge in [0.15, 0.2) is 0 Å². The average molecular weight is 295 g/mol. The maximum Gasteiger partial charge on any atom is 0.432 e. The van der Waals surface area contributed by atoms with Crippen molar-refractivity contribution in [3.63, 3.8) is 0 Å². The van der Waals surface area contributed by atoms with Crippen LogP contribution < -0.4 is 4.67 Å². The third kappa shape index (κ3) is 3.94. The molecule has 1 aromatic heterocycles. The van der Waals surface area contributed by atoms with Crippen molar-refractivity contribution in [2.45, 2.75) is 58.9 Å². The molecule has 0 fully saturated rings. The van der Waals surface area contributed by atoms with Crippen molar-refractivity contribution in [1.29, 1.82) is 5.26 Å². The monoisotopic (exact) mass is 295 g/mol. The third-order valence-corrected chi connectivity index (χ3v) is 4.35. The summed E-state index contributed by atoms with van der Waals surface area (Å²) in [6.07, 6.45) is 1.55. The molecule has 0 saturated carbocycles. The summed E-state index contributed by atoms with van der Waals surface area (Å²) in [5.41, 5.74) is 2.00. The van der Waals surface area contributed by atoms with Gasteiger partial charge in [0.2, 0.25) is 0 Å². The van der Waals surface area contributed by atoms with E-state index in [1.165, 1.54) is 11.5 Å². The van der Waals surface area contributed by atoms with Crippen LogP contribution in [0.3, 0.4) is 0 Å². The minimum atomic E-state index is -1.17. The summed E-state index contributed by atoms with van der Waals surface area (Å²) in [4.78, 5) is 14.6. The lowest BCUT2D eigenvalue weighted by molar-refractivity contribution is 0.205. The topological polar surface area (TPSA) is 78.4 Å². The van der Waals surface area contributed by atoms with E-state index < -0.39 is 6.09 Å². The van der Waals surface area contributed by atoms with Crippen LogP contribution in [-0.4, -0.2) is 15.2 Å². The molecule has 5 nitrogen and oxygen atoms in total. The molecule has 0 aliphatic heterocycles. The lowest BCUT2D eigenvalue weighted by Gasteiger charge is -2.23. The van der Waals surface area contributed by atoms with Crippen molar-refractivity contribution < 1.29 is 9.90 Å². The molecule has 0 aliphatic carbocycles. The number of hydrogen-bond acceptors (Lipinski definition) is 3. The maximum absolute atomic E-state index is 10.9. The van der Waals surface area contributed by atoms with Gasteiger partial charge in [-0.05, 0) is 51.6 Å². The molecular formula is C14H21N3O2S. The first kappa shape index (κ1) is 16.4. The van der Waals surface area contributed by atoms with Crippen LogP contribution >= 0.6 is 11.5 Å². The van der Waals surface area contributed by atoms with Crippen LogP contribution in [0.1, 0.15) is 51.8 Å². The molecule has 1 amide bonds. The molecule has 1 rings (SSSR count). The molecule has 0 bridgehead atoms. The zero-order valence-corrected chi connectivity index (χ0v) is 13.3. The fourth-order valence-electron chi connectivity index (χ4n) is 2.11. The number of carbonyl (C=O) groups is 1. The van der Waals surface area contributed by atoms with Crippen LogP contribution in [0.5, 0.6) is 0 Å². The van der Waals surface area contributed by atoms with Crippen molar-refractivity contribution in [2.24, 2.45) is 4.99 Å². The van der Waals surface area contributed by atoms with Crippen molar-refractivity contribution in [2.75, 3.05) is 0 Å². The van der Waals surface area contributed by atoms with Gasteiger partial charge in [0.1, 0.15) is 4.67 Å². The number of carboxylic acid groups (broad SMARTS) is 1. The van der Waals surface area contributed by atoms with Gasteiger partial charge in [-0.2, -0.15) is 10.3 Å². The molecule has 0 aromatic carbocycles. The Kier molecular flexibility index (Phi) is 5.52. The molecule has 0 atom stereocenters. The number of nitrogens with zero attached hydrogens (tertiary/aromatic N) is 3. The van der Waals surface area contributed by atoms with Crippen LogP contribution in [0, 0.1) is 11.3 Å². The largest absolute Gasteiger partial charge is 0.463 e. The molecular weight excluding hydrogens is 274 g/mol. The second kappa shape index (κ2) is 6.71. The Bertz CT molecular complexity index is 585. The van der Waals surface area contributed by atoms with Crippen molar-refractivity contribution in [1.82, 2.24) is 3.96 Å². The molecule has 20 heavy (non-hydrogen) atoms. The van der Waals surface area contributed by atoms with Gasteiger partial charge in [0.25, 0.3) is 0 Å². The highest BCUT2D eigenvalue weighted by Crippen LogP contribution is 2.23. The van der Waals surface area contributed by atoms with Crippen molar-refractivity contribution >= 4 is 17.6 Å². The van der Waals surface area contributed by atoms with E-state index in [0.29, 0.717) is 17.5 Å². The van der Waals surface area contributed by atoms with Crippen molar-refractivity contribution in [3.8, 4) is 6.07 Å². The summed E-state index contributed by atoms with van der Waals surface area (Å²) in [6, 6.07) is 2.12. The Balaban J connectivity index is 3.39. The van der Waals surface area contributed by atoms with E-state index in [9.17, 15) is 4.79 Å². The Morgan fingerprint density at radius 1 is 1.50 bits per heavy atom. The molecule has 110 valence electrons. The number of unbranched alkanes of at least 4 members (excludes halogenated alkanes) is 1. The van der Waals surface area contributed by atoms with Gasteiger partial charge >= 0.3 is 6.09 Å². The summed E-state index contributed by atoms with van der Waals surface area (Å²) in [6.45, 7) is 8.33. The van der Waals surface area contributed by atoms with E-state index in [0.717, 1.165) is 24.1 Å². The van der Waals surface area contributed by atoms with Crippen LogP contribution in [0.4, 0.5) is 4.79 Å². The van der Waals surface area contributed by atoms with Crippen LogP contribution in [0.25, 0.3) is 0 Å². The predicted octanol–water partition coefficient (Wildman–Crippen LogP) is 3.29. The summed E-state index contributed by atoms with van der Waals surface area (Å²) in [5, 5.41) is 17.6. The number of rotatable bonds is 4. The minimum Gasteiger partial charge on any atom is -0.463 e. The molecule has 1 N–H and O–H groups in total. The molecule has 0 radical (unpaired) electrons. The third-order valence-electron chi connectivity index (χ3n) is 2.89. The van der Waals surface area contributed by atoms with Gasteiger partial charge in [0.05, 0.1) is 6.07 Å². The number of amides is 1. The number of hydrogen-bond donors (Lipinski definition) is 1. The maximum atomic E-state index is 10.9. The average Bonchev–Trinajstić information content (AvgIpc) is 2.67. The molecule has 0 aliphatic rings. The van der Waals surface area contributed by atoms with E-state index >= 15 is 0 Å². The van der Waals surface area contributed by atoms with Crippen molar-refractivity contribution in [3.05, 3.63) is 15.9 Å². The first-order valence-electron chi connectivity index (χ1n) is 6.70. The summed E-state index contributed by atoms with van der Waals surface area (Å²) in [7, 11) is 0. The van der Waals surface area contributed by atoms with E-state index in [1.807, 2.05) is 0 Å². The van der Waals surface area contributed by atoms with E-state index in [1.54, 1.807) is 0 Å². The number of nitriles is 1. The Labute approximate surface area is 123 Å². The molecule has 0 saturated heterocycles. The first-order chi connectivity index (χ1) is 9.31. The highest BCUT2D eigenvalue weighted by molar-refractivity contribution is 7.04. The van der Waals surface area contributed by atoms with E-state index in [4.69, 9.17) is 10.4 Å². The fraction of sp³-hybridized carbons (Fsp3) is 0.643. The van der Waals surface area contributed by atoms with E-state index in [2.05, 4.69) is 42.7 Å². The predicted molar refractivity (Wildman–Crippen MR) is 78.8 cm³/mol. The highest BCUT2D eigenvalue weighted by atomic mass is 32.1. The number of aromatic nitrogens is 1. The van der Waals surface area contributed by atoms with Gasteiger partial charge in [-0.1, -0.05) is 6.92 Å². The summed E-state index contributed by atoms with van der Waals surface area (Å²) < 4.78 is 2.69.